The van der Waals surface area contributed by atoms with Gasteiger partial charge in [-0.15, -0.1) is 0 Å². The van der Waals surface area contributed by atoms with Gasteiger partial charge in [0.15, 0.2) is 25.0 Å². The number of rotatable bonds is 48. The molecule has 8 N–H and O–H groups in total. The van der Waals surface area contributed by atoms with Crippen LogP contribution in [0.4, 0.5) is 0 Å². The molecule has 782 valence electrons. The highest BCUT2D eigenvalue weighted by molar-refractivity contribution is 7.86. The molecule has 0 saturated heterocycles. The summed E-state index contributed by atoms with van der Waals surface area (Å²) in [5.41, 5.74) is 42.8. The Bertz CT molecular complexity index is 4990. The Balaban J connectivity index is 0.000000298. The Hall–Kier alpha value is -10.5. The van der Waals surface area contributed by atoms with Gasteiger partial charge in [0.2, 0.25) is 0 Å². The minimum Gasteiger partial charge on any atom is -0.417 e. The maximum Gasteiger partial charge on any atom is 0.264 e. The number of hydrogen-bond donors (Lipinski definition) is 6. The minimum atomic E-state index is -3.33. The van der Waals surface area contributed by atoms with Crippen molar-refractivity contribution in [2.24, 2.45) is 21.7 Å². The number of nitrogens with one attached hydrogen (secondary N) is 2. The minimum absolute atomic E-state index is 0.0972. The maximum absolute atomic E-state index is 10.9. The number of nitrogens with two attached hydrogens (primary N) is 2. The quantitative estimate of drug-likeness (QED) is 0.00518. The van der Waals surface area contributed by atoms with Gasteiger partial charge in [0.05, 0.1) is 19.5 Å². The van der Waals surface area contributed by atoms with Crippen LogP contribution in [0.1, 0.15) is 242 Å². The van der Waals surface area contributed by atoms with Gasteiger partial charge < -0.3 is 45.6 Å². The monoisotopic (exact) mass is 2040 g/mol. The van der Waals surface area contributed by atoms with E-state index in [1.165, 1.54) is 79.6 Å². The summed E-state index contributed by atoms with van der Waals surface area (Å²) in [4.78, 5) is 5.55. The summed E-state index contributed by atoms with van der Waals surface area (Å²) in [6.45, 7) is 42.7. The van der Waals surface area contributed by atoms with Crippen LogP contribution < -0.4 is 22.1 Å². The number of aliphatic hydroxyl groups excluding tert-OH is 2. The maximum atomic E-state index is 10.9. The molecular formula is C123H174N10O8SSi3. The zero-order chi connectivity index (χ0) is 106. The molecule has 22 heteroatoms. The molecule has 0 spiro atoms. The fraction of sp³-hybridized carbons (Fsp3) is 0.415. The fourth-order valence-electron chi connectivity index (χ4n) is 15.7. The van der Waals surface area contributed by atoms with Gasteiger partial charge in [-0.1, -0.05) is 462 Å². The highest BCUT2D eigenvalue weighted by Crippen LogP contribution is 2.41. The Morgan fingerprint density at radius 3 is 0.738 bits per heavy atom. The van der Waals surface area contributed by atoms with Crippen molar-refractivity contribution in [3.63, 3.8) is 0 Å². The van der Waals surface area contributed by atoms with Crippen molar-refractivity contribution in [3.8, 4) is 0 Å². The van der Waals surface area contributed by atoms with Gasteiger partial charge in [0.1, 0.15) is 0 Å². The molecular weight excluding hydrogens is 1860 g/mol. The van der Waals surface area contributed by atoms with Gasteiger partial charge in [-0.2, -0.15) is 8.42 Å². The number of aliphatic hydroxyl groups is 2. The molecule has 0 radical (unpaired) electrons. The Morgan fingerprint density at radius 2 is 0.510 bits per heavy atom. The lowest BCUT2D eigenvalue weighted by molar-refractivity contribution is 0.277. The first-order valence-electron chi connectivity index (χ1n) is 52.1. The normalized spacial score (nSPS) is 11.5. The summed E-state index contributed by atoms with van der Waals surface area (Å²) in [5.74, 6) is 2.36. The second-order valence-electron chi connectivity index (χ2n) is 40.9. The van der Waals surface area contributed by atoms with Crippen molar-refractivity contribution in [1.29, 1.82) is 0 Å². The van der Waals surface area contributed by atoms with Crippen LogP contribution >= 0.6 is 0 Å². The number of nitrogens with zero attached hydrogens (tertiary/aromatic N) is 6. The van der Waals surface area contributed by atoms with E-state index in [9.17, 15) is 8.42 Å². The van der Waals surface area contributed by atoms with Crippen molar-refractivity contribution < 1.29 is 36.1 Å². The van der Waals surface area contributed by atoms with Crippen LogP contribution in [0.3, 0.4) is 0 Å². The Labute approximate surface area is 876 Å². The first-order chi connectivity index (χ1) is 69.7. The largest absolute Gasteiger partial charge is 0.417 e. The Kier molecular flexibility index (Phi) is 61.3. The predicted molar refractivity (Wildman–Crippen MR) is 620 cm³/mol. The first kappa shape index (κ1) is 125. The summed E-state index contributed by atoms with van der Waals surface area (Å²) < 4.78 is 45.0. The van der Waals surface area contributed by atoms with Crippen molar-refractivity contribution in [1.82, 2.24) is 10.6 Å². The van der Waals surface area contributed by atoms with Gasteiger partial charge in [-0.3, -0.25) is 4.18 Å². The van der Waals surface area contributed by atoms with Crippen LogP contribution in [-0.4, -0.2) is 142 Å². The second-order valence-corrected chi connectivity index (χ2v) is 57.0. The van der Waals surface area contributed by atoms with Crippen molar-refractivity contribution in [2.75, 3.05) is 98.3 Å². The van der Waals surface area contributed by atoms with Gasteiger partial charge in [0.25, 0.3) is 10.1 Å². The van der Waals surface area contributed by atoms with Gasteiger partial charge in [-0.25, -0.2) is 0 Å². The van der Waals surface area contributed by atoms with Crippen LogP contribution in [0.25, 0.3) is 20.9 Å². The third-order valence-electron chi connectivity index (χ3n) is 26.9. The molecule has 0 aliphatic carbocycles. The number of azide groups is 2. The molecule has 0 bridgehead atoms. The lowest BCUT2D eigenvalue weighted by Gasteiger charge is -2.36. The lowest BCUT2D eigenvalue weighted by Crippen LogP contribution is -2.42. The molecule has 0 aliphatic rings. The zero-order valence-corrected chi connectivity index (χ0v) is 93.9. The molecule has 145 heavy (non-hydrogen) atoms. The van der Waals surface area contributed by atoms with Gasteiger partial charge >= 0.3 is 0 Å². The summed E-state index contributed by atoms with van der Waals surface area (Å²) in [5, 5.41) is 31.6. The number of benzene rings is 12. The molecule has 18 nitrogen and oxygen atoms in total. The molecule has 0 fully saturated rings. The van der Waals surface area contributed by atoms with E-state index in [1.807, 2.05) is 36.4 Å². The SMILES string of the molecule is CC(C)(C)[Si](C)(C)OCCCCC(c1ccccc1)c1ccccc1.CC(C)(C)[Si](C)(C)OCCN.CC(C)(C)[Si](C)(C)OCCNCC(c1ccccc1)c1ccccc1.CS(=O)(=O)OCCCCC(c1ccccc1)c1ccccc1.NCCO.OCCCCC(c1ccccc1)c1ccccc1.[N-]=[N+]=NCCCCC(c1ccccc1)c1ccccc1.[N-]=[N+]=NCCNCC(c1ccccc1)c1ccccc1. The molecule has 0 atom stereocenters. The van der Waals surface area contributed by atoms with Crippen LogP contribution in [0.5, 0.6) is 0 Å². The second kappa shape index (κ2) is 71.1. The average Bonchev–Trinajstić information content (AvgIpc) is 0.833. The van der Waals surface area contributed by atoms with Crippen LogP contribution in [0.2, 0.25) is 54.4 Å². The summed E-state index contributed by atoms with van der Waals surface area (Å²) >= 11 is 0. The molecule has 0 unspecified atom stereocenters. The molecule has 0 aliphatic heterocycles. The van der Waals surface area contributed by atoms with Crippen LogP contribution in [-0.2, 0) is 27.6 Å². The topological polar surface area (TPSA) is 285 Å². The molecule has 0 amide bonds. The molecule has 0 aromatic heterocycles. The molecule has 12 aromatic rings. The highest BCUT2D eigenvalue weighted by Gasteiger charge is 2.39. The molecule has 12 rings (SSSR count). The van der Waals surface area contributed by atoms with Crippen LogP contribution in [0, 0.1) is 0 Å². The molecule has 0 saturated carbocycles. The molecule has 12 aromatic carbocycles. The van der Waals surface area contributed by atoms with E-state index in [2.05, 4.69) is 460 Å². The zero-order valence-electron chi connectivity index (χ0n) is 90.1. The van der Waals surface area contributed by atoms with E-state index in [4.69, 9.17) is 50.2 Å². The van der Waals surface area contributed by atoms with E-state index < -0.39 is 35.1 Å². The van der Waals surface area contributed by atoms with E-state index in [0.29, 0.717) is 84.9 Å². The third kappa shape index (κ3) is 51.1. The van der Waals surface area contributed by atoms with E-state index in [0.717, 1.165) is 103 Å². The van der Waals surface area contributed by atoms with Crippen molar-refractivity contribution in [3.05, 3.63) is 452 Å². The highest BCUT2D eigenvalue weighted by atomic mass is 32.2. The standard InChI is InChI=1S/C23H34OSi.C22H33NOSi.C18H22O3S.C17H19N3.C17H20O.C16H18N4.C8H21NOSi.C2H7NO/c1-23(2,3)25(4,5)24-19-13-12-18-22(20-14-8-6-9-15-20)21-16-10-7-11-17-21;1-22(2,3)25(4,5)24-17-16-23-18-21(19-12-8-6-9-13-19)20-14-10-7-11-15-20;1-22(19,20)21-15-9-8-14-18(16-10-4-2-5-11-16)17-12-6-3-7-13-17;18-20-19-14-8-7-13-17(15-9-3-1-4-10-15)16-11-5-2-6-12-16;18-14-8-7-13-17(15-9-3-1-4-10-15)16-11-5-2-6-12-16;17-20-19-12-11-18-13-16(14-7-3-1-4-8-14)15-9-5-2-6-10-15;1-8(2,3)11(4,5)10-7-6-9;3-1-2-4/h6-11,14-17,22H,12-13,18-19H2,1-5H3;6-15,21,23H,16-18H2,1-5H3;2-7,10-13,18H,8-9,14-15H2,1H3;1-6,9-12,17H,7-8,13-14H2;1-6,9-12,17-18H,7-8,13-14H2;1-10,16,18H,11-13H2;6-7,9H2,1-5H3;4H,1-3H2. The first-order valence-corrected chi connectivity index (χ1v) is 62.6. The summed E-state index contributed by atoms with van der Waals surface area (Å²) in [7, 11) is -8.09. The third-order valence-corrected chi connectivity index (χ3v) is 41.2. The Morgan fingerprint density at radius 1 is 0.297 bits per heavy atom. The van der Waals surface area contributed by atoms with Gasteiger partial charge in [0, 0.05) is 124 Å². The molecule has 0 heterocycles. The van der Waals surface area contributed by atoms with Crippen LogP contribution in [0.15, 0.2) is 374 Å². The van der Waals surface area contributed by atoms with E-state index >= 15 is 0 Å². The number of unbranched alkanes of at least 4 members (excludes halogenated alkanes) is 4. The fourth-order valence-corrected chi connectivity index (χ4v) is 19.3. The van der Waals surface area contributed by atoms with E-state index in [1.54, 1.807) is 0 Å². The lowest BCUT2D eigenvalue weighted by atomic mass is 9.87. The van der Waals surface area contributed by atoms with Crippen molar-refractivity contribution >= 4 is 35.1 Å². The van der Waals surface area contributed by atoms with Crippen molar-refractivity contribution in [2.45, 2.75) is 229 Å². The number of hydrogen-bond acceptors (Lipinski definition) is 14. The predicted octanol–water partition coefficient (Wildman–Crippen LogP) is 30.3. The summed E-state index contributed by atoms with van der Waals surface area (Å²) in [6.07, 6.45) is 13.4. The summed E-state index contributed by atoms with van der Waals surface area (Å²) in [6, 6.07) is 127. The average molecular weight is 2040 g/mol. The van der Waals surface area contributed by atoms with Gasteiger partial charge in [-0.05, 0) is 184 Å². The van der Waals surface area contributed by atoms with E-state index in [-0.39, 0.29) is 24.9 Å². The smallest absolute Gasteiger partial charge is 0.264 e.